The summed E-state index contributed by atoms with van der Waals surface area (Å²) in [5.41, 5.74) is 1.11. The molecule has 0 aliphatic carbocycles. The van der Waals surface area contributed by atoms with Crippen LogP contribution in [-0.4, -0.2) is 37.2 Å². The third-order valence-electron chi connectivity index (χ3n) is 3.17. The number of hydrogen-bond donors (Lipinski definition) is 2. The molecule has 0 aromatic heterocycles. The Bertz CT molecular complexity index is 750. The highest BCUT2D eigenvalue weighted by Crippen LogP contribution is 2.24. The number of esters is 1. The van der Waals surface area contributed by atoms with Gasteiger partial charge in [0.1, 0.15) is 6.54 Å². The van der Waals surface area contributed by atoms with Gasteiger partial charge in [0.25, 0.3) is 11.8 Å². The average molecular weight is 358 g/mol. The number of anilines is 1. The zero-order valence-electron chi connectivity index (χ0n) is 13.7. The van der Waals surface area contributed by atoms with E-state index in [0.29, 0.717) is 11.3 Å². The van der Waals surface area contributed by atoms with Crippen molar-refractivity contribution in [2.45, 2.75) is 4.90 Å². The Hall–Kier alpha value is -2.80. The van der Waals surface area contributed by atoms with E-state index in [1.54, 1.807) is 42.5 Å². The van der Waals surface area contributed by atoms with Crippen molar-refractivity contribution >= 4 is 35.2 Å². The van der Waals surface area contributed by atoms with Crippen molar-refractivity contribution in [1.82, 2.24) is 5.32 Å². The average Bonchev–Trinajstić information content (AvgIpc) is 2.65. The van der Waals surface area contributed by atoms with E-state index >= 15 is 0 Å². The molecule has 0 aliphatic rings. The Labute approximate surface area is 149 Å². The highest BCUT2D eigenvalue weighted by Gasteiger charge is 2.11. The van der Waals surface area contributed by atoms with Gasteiger partial charge >= 0.3 is 5.97 Å². The highest BCUT2D eigenvalue weighted by molar-refractivity contribution is 7.98. The second-order valence-electron chi connectivity index (χ2n) is 4.96. The van der Waals surface area contributed by atoms with Crippen LogP contribution < -0.4 is 10.6 Å². The molecular formula is C18H18N2O4S. The van der Waals surface area contributed by atoms with E-state index < -0.39 is 18.5 Å². The minimum atomic E-state index is -0.683. The number of hydrogen-bond acceptors (Lipinski definition) is 5. The molecule has 0 atom stereocenters. The lowest BCUT2D eigenvalue weighted by Crippen LogP contribution is -2.32. The van der Waals surface area contributed by atoms with Crippen LogP contribution in [-0.2, 0) is 14.3 Å². The zero-order chi connectivity index (χ0) is 18.1. The Morgan fingerprint density at radius 2 is 1.68 bits per heavy atom. The molecule has 2 amide bonds. The fraction of sp³-hybridized carbons (Fsp3) is 0.167. The SMILES string of the molecule is CSc1ccccc1NC(=O)COC(=O)CNC(=O)c1ccccc1. The quantitative estimate of drug-likeness (QED) is 0.586. The summed E-state index contributed by atoms with van der Waals surface area (Å²) in [5, 5.41) is 5.13. The van der Waals surface area contributed by atoms with Gasteiger partial charge < -0.3 is 15.4 Å². The third-order valence-corrected chi connectivity index (χ3v) is 3.97. The van der Waals surface area contributed by atoms with Gasteiger partial charge in [0.15, 0.2) is 6.61 Å². The first-order chi connectivity index (χ1) is 12.1. The molecular weight excluding hydrogens is 340 g/mol. The van der Waals surface area contributed by atoms with Crippen LogP contribution in [0.1, 0.15) is 10.4 Å². The van der Waals surface area contributed by atoms with E-state index in [-0.39, 0.29) is 12.5 Å². The lowest BCUT2D eigenvalue weighted by molar-refractivity contribution is -0.146. The Balaban J connectivity index is 1.74. The molecule has 2 rings (SSSR count). The van der Waals surface area contributed by atoms with Gasteiger partial charge in [0.2, 0.25) is 0 Å². The van der Waals surface area contributed by atoms with Crippen LogP contribution in [0.4, 0.5) is 5.69 Å². The predicted octanol–water partition coefficient (Wildman–Crippen LogP) is 2.32. The molecule has 25 heavy (non-hydrogen) atoms. The molecule has 2 N–H and O–H groups in total. The number of carbonyl (C=O) groups is 3. The molecule has 0 unspecified atom stereocenters. The second-order valence-corrected chi connectivity index (χ2v) is 5.81. The lowest BCUT2D eigenvalue weighted by atomic mass is 10.2. The van der Waals surface area contributed by atoms with Crippen molar-refractivity contribution in [3.63, 3.8) is 0 Å². The molecule has 0 bridgehead atoms. The van der Waals surface area contributed by atoms with Crippen LogP contribution in [0.3, 0.4) is 0 Å². The van der Waals surface area contributed by atoms with Crippen LogP contribution >= 0.6 is 11.8 Å². The maximum Gasteiger partial charge on any atom is 0.325 e. The number of benzene rings is 2. The molecule has 0 fully saturated rings. The maximum atomic E-state index is 11.9. The fourth-order valence-corrected chi connectivity index (χ4v) is 2.53. The standard InChI is InChI=1S/C18H18N2O4S/c1-25-15-10-6-5-9-14(15)20-16(21)12-24-17(22)11-19-18(23)13-7-3-2-4-8-13/h2-10H,11-12H2,1H3,(H,19,23)(H,20,21). The van der Waals surface area contributed by atoms with E-state index in [1.807, 2.05) is 18.4 Å². The van der Waals surface area contributed by atoms with Crippen LogP contribution in [0.15, 0.2) is 59.5 Å². The molecule has 7 heteroatoms. The van der Waals surface area contributed by atoms with Gasteiger partial charge in [-0.3, -0.25) is 14.4 Å². The van der Waals surface area contributed by atoms with Crippen molar-refractivity contribution in [2.24, 2.45) is 0 Å². The topological polar surface area (TPSA) is 84.5 Å². The fourth-order valence-electron chi connectivity index (χ4n) is 1.98. The Morgan fingerprint density at radius 1 is 1.00 bits per heavy atom. The summed E-state index contributed by atoms with van der Waals surface area (Å²) in [6, 6.07) is 15.8. The minimum absolute atomic E-state index is 0.303. The van der Waals surface area contributed by atoms with Crippen LogP contribution in [0, 0.1) is 0 Å². The summed E-state index contributed by atoms with van der Waals surface area (Å²) < 4.78 is 4.86. The summed E-state index contributed by atoms with van der Waals surface area (Å²) >= 11 is 1.50. The monoisotopic (exact) mass is 358 g/mol. The molecule has 0 aliphatic heterocycles. The van der Waals surface area contributed by atoms with Crippen molar-refractivity contribution < 1.29 is 19.1 Å². The molecule has 0 saturated carbocycles. The third kappa shape index (κ3) is 5.96. The van der Waals surface area contributed by atoms with Crippen molar-refractivity contribution in [2.75, 3.05) is 24.7 Å². The van der Waals surface area contributed by atoms with E-state index in [4.69, 9.17) is 4.74 Å². The molecule has 2 aromatic rings. The van der Waals surface area contributed by atoms with Gasteiger partial charge in [0.05, 0.1) is 5.69 Å². The summed E-state index contributed by atoms with van der Waals surface area (Å²) in [7, 11) is 0. The van der Waals surface area contributed by atoms with Gasteiger partial charge in [-0.1, -0.05) is 30.3 Å². The molecule has 0 spiro atoms. The number of carbonyl (C=O) groups excluding carboxylic acids is 3. The normalized spacial score (nSPS) is 9.96. The largest absolute Gasteiger partial charge is 0.454 e. The number of rotatable bonds is 7. The van der Waals surface area contributed by atoms with E-state index in [1.165, 1.54) is 11.8 Å². The van der Waals surface area contributed by atoms with E-state index in [9.17, 15) is 14.4 Å². The molecule has 0 radical (unpaired) electrons. The number of nitrogens with one attached hydrogen (secondary N) is 2. The van der Waals surface area contributed by atoms with E-state index in [2.05, 4.69) is 10.6 Å². The minimum Gasteiger partial charge on any atom is -0.454 e. The van der Waals surface area contributed by atoms with Gasteiger partial charge in [0, 0.05) is 10.5 Å². The highest BCUT2D eigenvalue weighted by atomic mass is 32.2. The van der Waals surface area contributed by atoms with Crippen molar-refractivity contribution in [3.05, 3.63) is 60.2 Å². The Morgan fingerprint density at radius 3 is 2.40 bits per heavy atom. The molecule has 2 aromatic carbocycles. The van der Waals surface area contributed by atoms with Crippen LogP contribution in [0.25, 0.3) is 0 Å². The van der Waals surface area contributed by atoms with Gasteiger partial charge in [-0.25, -0.2) is 0 Å². The van der Waals surface area contributed by atoms with Gasteiger partial charge in [-0.15, -0.1) is 11.8 Å². The summed E-state index contributed by atoms with van der Waals surface area (Å²) in [6.07, 6.45) is 1.90. The molecule has 130 valence electrons. The zero-order valence-corrected chi connectivity index (χ0v) is 14.5. The lowest BCUT2D eigenvalue weighted by Gasteiger charge is -2.10. The van der Waals surface area contributed by atoms with Crippen LogP contribution in [0.2, 0.25) is 0 Å². The molecule has 0 saturated heterocycles. The smallest absolute Gasteiger partial charge is 0.325 e. The van der Waals surface area contributed by atoms with Crippen LogP contribution in [0.5, 0.6) is 0 Å². The maximum absolute atomic E-state index is 11.9. The molecule has 6 nitrogen and oxygen atoms in total. The summed E-state index contributed by atoms with van der Waals surface area (Å²) in [5.74, 6) is -1.50. The van der Waals surface area contributed by atoms with Crippen molar-refractivity contribution in [1.29, 1.82) is 0 Å². The van der Waals surface area contributed by atoms with Gasteiger partial charge in [-0.05, 0) is 30.5 Å². The Kier molecular flexibility index (Phi) is 7.03. The molecule has 0 heterocycles. The van der Waals surface area contributed by atoms with E-state index in [0.717, 1.165) is 4.90 Å². The van der Waals surface area contributed by atoms with Crippen molar-refractivity contribution in [3.8, 4) is 0 Å². The summed E-state index contributed by atoms with van der Waals surface area (Å²) in [4.78, 5) is 36.2. The number of para-hydroxylation sites is 1. The first-order valence-electron chi connectivity index (χ1n) is 7.52. The second kappa shape index (κ2) is 9.48. The first kappa shape index (κ1) is 18.5. The van der Waals surface area contributed by atoms with Gasteiger partial charge in [-0.2, -0.15) is 0 Å². The first-order valence-corrected chi connectivity index (χ1v) is 8.74. The number of amides is 2. The predicted molar refractivity (Wildman–Crippen MR) is 96.6 cm³/mol. The number of thioether (sulfide) groups is 1. The number of ether oxygens (including phenoxy) is 1. The summed E-state index contributed by atoms with van der Waals surface area (Å²) in [6.45, 7) is -0.717.